The molecule has 0 saturated carbocycles. The van der Waals surface area contributed by atoms with Gasteiger partial charge in [-0.25, -0.2) is 4.39 Å². The lowest BCUT2D eigenvalue weighted by atomic mass is 10.1. The van der Waals surface area contributed by atoms with Crippen molar-refractivity contribution in [3.05, 3.63) is 35.1 Å². The van der Waals surface area contributed by atoms with Crippen molar-refractivity contribution in [2.75, 3.05) is 33.5 Å². The number of rotatable bonds is 8. The molecule has 0 bridgehead atoms. The number of hydrogen-bond acceptors (Lipinski definition) is 4. The average molecular weight is 253 g/mol. The van der Waals surface area contributed by atoms with E-state index in [1.165, 1.54) is 18.2 Å². The number of hydrogen-bond donors (Lipinski definition) is 0. The smallest absolute Gasteiger partial charge is 0.128 e. The van der Waals surface area contributed by atoms with Gasteiger partial charge in [-0.05, 0) is 18.2 Å². The van der Waals surface area contributed by atoms with Gasteiger partial charge in [0.05, 0.1) is 44.7 Å². The van der Waals surface area contributed by atoms with Gasteiger partial charge in [0.25, 0.3) is 0 Å². The van der Waals surface area contributed by atoms with E-state index in [0.717, 1.165) is 0 Å². The van der Waals surface area contributed by atoms with Crippen LogP contribution in [0, 0.1) is 17.1 Å². The van der Waals surface area contributed by atoms with E-state index in [2.05, 4.69) is 0 Å². The second kappa shape index (κ2) is 8.59. The maximum atomic E-state index is 13.3. The molecule has 0 aliphatic heterocycles. The van der Waals surface area contributed by atoms with Gasteiger partial charge in [0.2, 0.25) is 0 Å². The molecule has 98 valence electrons. The molecular formula is C13H16FNO3. The maximum Gasteiger partial charge on any atom is 0.128 e. The Morgan fingerprint density at radius 3 is 2.61 bits per heavy atom. The summed E-state index contributed by atoms with van der Waals surface area (Å²) >= 11 is 0. The predicted molar refractivity (Wildman–Crippen MR) is 63.5 cm³/mol. The summed E-state index contributed by atoms with van der Waals surface area (Å²) < 4.78 is 28.6. The van der Waals surface area contributed by atoms with Crippen LogP contribution in [0.2, 0.25) is 0 Å². The lowest BCUT2D eigenvalue weighted by Crippen LogP contribution is -2.08. The highest BCUT2D eigenvalue weighted by Gasteiger charge is 2.03. The minimum atomic E-state index is -0.366. The van der Waals surface area contributed by atoms with E-state index >= 15 is 0 Å². The van der Waals surface area contributed by atoms with Crippen LogP contribution in [0.1, 0.15) is 11.1 Å². The summed E-state index contributed by atoms with van der Waals surface area (Å²) in [5, 5.41) is 8.70. The Morgan fingerprint density at radius 1 is 1.17 bits per heavy atom. The van der Waals surface area contributed by atoms with Gasteiger partial charge in [-0.1, -0.05) is 0 Å². The second-order valence-corrected chi connectivity index (χ2v) is 3.58. The molecule has 0 aliphatic rings. The monoisotopic (exact) mass is 253 g/mol. The van der Waals surface area contributed by atoms with Crippen LogP contribution in [0.15, 0.2) is 18.2 Å². The summed E-state index contributed by atoms with van der Waals surface area (Å²) in [6, 6.07) is 6.15. The molecule has 1 rings (SSSR count). The molecule has 0 saturated heterocycles. The van der Waals surface area contributed by atoms with E-state index in [1.54, 1.807) is 7.11 Å². The SMILES string of the molecule is COCCOCCOCc1cc(C#N)ccc1F. The third kappa shape index (κ3) is 5.23. The van der Waals surface area contributed by atoms with Crippen LogP contribution in [0.25, 0.3) is 0 Å². The first-order valence-electron chi connectivity index (χ1n) is 5.61. The van der Waals surface area contributed by atoms with E-state index in [-0.39, 0.29) is 12.4 Å². The van der Waals surface area contributed by atoms with Crippen molar-refractivity contribution in [3.8, 4) is 6.07 Å². The van der Waals surface area contributed by atoms with Crippen molar-refractivity contribution < 1.29 is 18.6 Å². The molecule has 0 radical (unpaired) electrons. The standard InChI is InChI=1S/C13H16FNO3/c1-16-4-5-17-6-7-18-10-12-8-11(9-15)2-3-13(12)14/h2-3,8H,4-7,10H2,1H3. The highest BCUT2D eigenvalue weighted by molar-refractivity contribution is 5.33. The van der Waals surface area contributed by atoms with E-state index in [0.29, 0.717) is 37.6 Å². The van der Waals surface area contributed by atoms with Gasteiger partial charge in [-0.15, -0.1) is 0 Å². The zero-order chi connectivity index (χ0) is 13.2. The van der Waals surface area contributed by atoms with Gasteiger partial charge in [0, 0.05) is 12.7 Å². The average Bonchev–Trinajstić information content (AvgIpc) is 2.39. The van der Waals surface area contributed by atoms with E-state index in [4.69, 9.17) is 19.5 Å². The van der Waals surface area contributed by atoms with Crippen molar-refractivity contribution in [3.63, 3.8) is 0 Å². The molecule has 0 fully saturated rings. The fraction of sp³-hybridized carbons (Fsp3) is 0.462. The normalized spacial score (nSPS) is 10.3. The molecule has 1 aromatic rings. The number of methoxy groups -OCH3 is 1. The molecule has 18 heavy (non-hydrogen) atoms. The van der Waals surface area contributed by atoms with Crippen molar-refractivity contribution in [1.82, 2.24) is 0 Å². The fourth-order valence-electron chi connectivity index (χ4n) is 1.30. The lowest BCUT2D eigenvalue weighted by molar-refractivity contribution is 0.0194. The van der Waals surface area contributed by atoms with E-state index in [1.807, 2.05) is 6.07 Å². The van der Waals surface area contributed by atoms with Crippen LogP contribution in [0.4, 0.5) is 4.39 Å². The topological polar surface area (TPSA) is 51.5 Å². The summed E-state index contributed by atoms with van der Waals surface area (Å²) in [7, 11) is 1.60. The molecule has 0 heterocycles. The highest BCUT2D eigenvalue weighted by Crippen LogP contribution is 2.11. The van der Waals surface area contributed by atoms with Crippen LogP contribution in [0.5, 0.6) is 0 Å². The van der Waals surface area contributed by atoms with Crippen LogP contribution in [-0.4, -0.2) is 33.5 Å². The van der Waals surface area contributed by atoms with Crippen molar-refractivity contribution in [2.45, 2.75) is 6.61 Å². The molecule has 0 atom stereocenters. The summed E-state index contributed by atoms with van der Waals surface area (Å²) in [4.78, 5) is 0. The first-order valence-corrected chi connectivity index (χ1v) is 5.61. The molecule has 0 N–H and O–H groups in total. The van der Waals surface area contributed by atoms with Crippen LogP contribution < -0.4 is 0 Å². The molecule has 0 amide bonds. The summed E-state index contributed by atoms with van der Waals surface area (Å²) in [6.07, 6.45) is 0. The number of halogens is 1. The Hall–Kier alpha value is -1.48. The number of benzene rings is 1. The summed E-state index contributed by atoms with van der Waals surface area (Å²) in [6.45, 7) is 1.99. The Morgan fingerprint density at radius 2 is 1.89 bits per heavy atom. The highest BCUT2D eigenvalue weighted by atomic mass is 19.1. The molecule has 4 nitrogen and oxygen atoms in total. The maximum absolute atomic E-state index is 13.3. The third-order valence-corrected chi connectivity index (χ3v) is 2.24. The Labute approximate surface area is 106 Å². The molecule has 1 aromatic carbocycles. The fourth-order valence-corrected chi connectivity index (χ4v) is 1.30. The van der Waals surface area contributed by atoms with Crippen molar-refractivity contribution in [1.29, 1.82) is 5.26 Å². The van der Waals surface area contributed by atoms with Crippen LogP contribution >= 0.6 is 0 Å². The number of nitrogens with zero attached hydrogens (tertiary/aromatic N) is 1. The quantitative estimate of drug-likeness (QED) is 0.664. The summed E-state index contributed by atoms with van der Waals surface area (Å²) in [5.74, 6) is -0.366. The van der Waals surface area contributed by atoms with Gasteiger partial charge in [-0.3, -0.25) is 0 Å². The van der Waals surface area contributed by atoms with Crippen molar-refractivity contribution >= 4 is 0 Å². The molecule has 0 aromatic heterocycles. The van der Waals surface area contributed by atoms with Gasteiger partial charge in [0.1, 0.15) is 5.82 Å². The predicted octanol–water partition coefficient (Wildman–Crippen LogP) is 1.88. The first-order chi connectivity index (χ1) is 8.77. The van der Waals surface area contributed by atoms with Gasteiger partial charge < -0.3 is 14.2 Å². The van der Waals surface area contributed by atoms with Crippen LogP contribution in [0.3, 0.4) is 0 Å². The zero-order valence-corrected chi connectivity index (χ0v) is 10.3. The molecule has 0 unspecified atom stereocenters. The Kier molecular flexibility index (Phi) is 6.96. The largest absolute Gasteiger partial charge is 0.382 e. The Balaban J connectivity index is 2.25. The van der Waals surface area contributed by atoms with E-state index in [9.17, 15) is 4.39 Å². The van der Waals surface area contributed by atoms with Crippen LogP contribution in [-0.2, 0) is 20.8 Å². The summed E-state index contributed by atoms with van der Waals surface area (Å²) in [5.41, 5.74) is 0.803. The van der Waals surface area contributed by atoms with Crippen molar-refractivity contribution in [2.24, 2.45) is 0 Å². The Bertz CT molecular complexity index is 404. The molecule has 0 spiro atoms. The van der Waals surface area contributed by atoms with Gasteiger partial charge in [0.15, 0.2) is 0 Å². The first kappa shape index (κ1) is 14.6. The third-order valence-electron chi connectivity index (χ3n) is 2.24. The minimum Gasteiger partial charge on any atom is -0.382 e. The lowest BCUT2D eigenvalue weighted by Gasteiger charge is -2.06. The molecule has 5 heteroatoms. The number of nitriles is 1. The molecular weight excluding hydrogens is 237 g/mol. The zero-order valence-electron chi connectivity index (χ0n) is 10.3. The second-order valence-electron chi connectivity index (χ2n) is 3.58. The van der Waals surface area contributed by atoms with Gasteiger partial charge >= 0.3 is 0 Å². The molecule has 0 aliphatic carbocycles. The van der Waals surface area contributed by atoms with Gasteiger partial charge in [-0.2, -0.15) is 5.26 Å². The minimum absolute atomic E-state index is 0.134. The number of ether oxygens (including phenoxy) is 3. The van der Waals surface area contributed by atoms with E-state index < -0.39 is 0 Å².